The lowest BCUT2D eigenvalue weighted by Gasteiger charge is -2.25. The minimum atomic E-state index is -4.28. The third-order valence-corrected chi connectivity index (χ3v) is 16.1. The zero-order chi connectivity index (χ0) is 53.0. The van der Waals surface area contributed by atoms with Crippen LogP contribution >= 0.6 is 22.6 Å². The molecule has 3 heterocycles. The summed E-state index contributed by atoms with van der Waals surface area (Å²) in [5.74, 6) is -0.0866. The lowest BCUT2D eigenvalue weighted by molar-refractivity contribution is -0.438. The number of ether oxygens (including phenoxy) is 1. The second-order valence-electron chi connectivity index (χ2n) is 20.2. The van der Waals surface area contributed by atoms with E-state index in [1.807, 2.05) is 67.6 Å². The minimum absolute atomic E-state index is 0.0572. The number of carbonyl (C=O) groups excluding carboxylic acids is 3. The molecule has 2 aliphatic rings. The molecule has 0 spiro atoms. The molecule has 0 atom stereocenters. The first-order valence-corrected chi connectivity index (χ1v) is 28.1. The molecule has 14 heteroatoms. The van der Waals surface area contributed by atoms with E-state index in [2.05, 4.69) is 144 Å². The highest BCUT2D eigenvalue weighted by Gasteiger charge is 2.45. The Hall–Kier alpha value is -6.36. The monoisotopic (exact) mass is 1130 g/mol. The van der Waals surface area contributed by atoms with Gasteiger partial charge < -0.3 is 24.8 Å². The highest BCUT2D eigenvalue weighted by molar-refractivity contribution is 14.1. The number of methoxy groups -OCH3 is 1. The molecule has 0 fully saturated rings. The van der Waals surface area contributed by atoms with E-state index in [9.17, 15) is 27.4 Å². The number of likely N-dealkylation sites (N-methyl/N-ethyl adjacent to an activating group) is 1. The number of hydrogen-bond donors (Lipinski definition) is 2. The topological polar surface area (TPSA) is 153 Å². The molecule has 6 aromatic rings. The number of halogens is 1. The maximum absolute atomic E-state index is 13.7. The van der Waals surface area contributed by atoms with Crippen molar-refractivity contribution in [2.24, 2.45) is 0 Å². The summed E-state index contributed by atoms with van der Waals surface area (Å²) in [5.41, 5.74) is 9.95. The molecule has 0 unspecified atom stereocenters. The van der Waals surface area contributed by atoms with Crippen molar-refractivity contribution in [3.05, 3.63) is 170 Å². The van der Waals surface area contributed by atoms with Gasteiger partial charge in [0.25, 0.3) is 5.91 Å². The molecule has 386 valence electrons. The van der Waals surface area contributed by atoms with Crippen LogP contribution in [-0.2, 0) is 43.4 Å². The van der Waals surface area contributed by atoms with E-state index >= 15 is 0 Å². The largest absolute Gasteiger partial charge is 0.748 e. The Kier molecular flexibility index (Phi) is 16.5. The van der Waals surface area contributed by atoms with Gasteiger partial charge in [-0.25, -0.2) is 8.42 Å². The first kappa shape index (κ1) is 53.9. The molecular weight excluding hydrogens is 1060 g/mol. The van der Waals surface area contributed by atoms with Gasteiger partial charge in [0.2, 0.25) is 17.5 Å². The van der Waals surface area contributed by atoms with Crippen LogP contribution in [-0.4, -0.2) is 84.6 Å². The lowest BCUT2D eigenvalue weighted by Crippen LogP contribution is -2.29. The number of allylic oxidation sites excluding steroid dienone is 6. The summed E-state index contributed by atoms with van der Waals surface area (Å²) in [6.07, 6.45) is 13.1. The van der Waals surface area contributed by atoms with Crippen LogP contribution in [0.1, 0.15) is 98.6 Å². The number of aromatic nitrogens is 1. The molecule has 0 saturated heterocycles. The molecule has 1 aromatic heterocycles. The maximum atomic E-state index is 13.7. The van der Waals surface area contributed by atoms with E-state index < -0.39 is 10.1 Å². The summed E-state index contributed by atoms with van der Waals surface area (Å²) < 4.78 is 44.6. The second-order valence-corrected chi connectivity index (χ2v) is 23.0. The first-order chi connectivity index (χ1) is 35.3. The Labute approximate surface area is 449 Å². The molecule has 74 heavy (non-hydrogen) atoms. The van der Waals surface area contributed by atoms with Gasteiger partial charge in [-0.2, -0.15) is 4.58 Å². The molecule has 2 amide bonds. The normalized spacial score (nSPS) is 15.5. The molecule has 2 N–H and O–H groups in total. The van der Waals surface area contributed by atoms with Gasteiger partial charge in [-0.1, -0.05) is 68.5 Å². The minimum Gasteiger partial charge on any atom is -0.748 e. The zero-order valence-corrected chi connectivity index (χ0v) is 46.4. The van der Waals surface area contributed by atoms with E-state index in [-0.39, 0.29) is 47.1 Å². The van der Waals surface area contributed by atoms with Gasteiger partial charge >= 0.3 is 0 Å². The van der Waals surface area contributed by atoms with Crippen LogP contribution in [0.25, 0.3) is 21.7 Å². The average Bonchev–Trinajstić information content (AvgIpc) is 3.86. The highest BCUT2D eigenvalue weighted by Crippen LogP contribution is 2.48. The molecule has 12 nitrogen and oxygen atoms in total. The van der Waals surface area contributed by atoms with Gasteiger partial charge in [-0.3, -0.25) is 19.0 Å². The van der Waals surface area contributed by atoms with Gasteiger partial charge in [0.1, 0.15) is 12.3 Å². The first-order valence-electron chi connectivity index (χ1n) is 25.4. The van der Waals surface area contributed by atoms with Crippen LogP contribution in [0.5, 0.6) is 5.75 Å². The van der Waals surface area contributed by atoms with Crippen molar-refractivity contribution in [3.8, 4) is 5.75 Å². The summed E-state index contributed by atoms with van der Waals surface area (Å²) in [6.45, 7) is 15.2. The number of carbonyl (C=O) groups is 3. The third kappa shape index (κ3) is 11.5. The van der Waals surface area contributed by atoms with E-state index in [1.165, 1.54) is 21.9 Å². The lowest BCUT2D eigenvalue weighted by atomic mass is 9.79. The molecule has 2 aliphatic heterocycles. The summed E-state index contributed by atoms with van der Waals surface area (Å²) in [7, 11) is -2.68. The van der Waals surface area contributed by atoms with E-state index in [4.69, 9.17) is 4.74 Å². The predicted molar refractivity (Wildman–Crippen MR) is 304 cm³/mol. The molecule has 8 rings (SSSR count). The summed E-state index contributed by atoms with van der Waals surface area (Å²) in [4.78, 5) is 42.6. The van der Waals surface area contributed by atoms with Crippen LogP contribution in [0.4, 0.5) is 11.4 Å². The number of hydrogen-bond acceptors (Lipinski definition) is 8. The Bertz CT molecular complexity index is 3380. The van der Waals surface area contributed by atoms with Gasteiger partial charge in [0.15, 0.2) is 5.71 Å². The number of rotatable bonds is 20. The fourth-order valence-corrected chi connectivity index (χ4v) is 11.7. The summed E-state index contributed by atoms with van der Waals surface area (Å²) >= 11 is 2.21. The number of amides is 2. The van der Waals surface area contributed by atoms with Crippen molar-refractivity contribution in [1.82, 2.24) is 15.2 Å². The van der Waals surface area contributed by atoms with Gasteiger partial charge in [0, 0.05) is 86.5 Å². The molecule has 0 saturated carbocycles. The second kappa shape index (κ2) is 22.6. The van der Waals surface area contributed by atoms with Crippen molar-refractivity contribution in [1.29, 1.82) is 0 Å². The van der Waals surface area contributed by atoms with Gasteiger partial charge in [-0.15, -0.1) is 0 Å². The van der Waals surface area contributed by atoms with Crippen LogP contribution in [0.15, 0.2) is 133 Å². The van der Waals surface area contributed by atoms with E-state index in [0.717, 1.165) is 54.9 Å². The van der Waals surface area contributed by atoms with Crippen molar-refractivity contribution in [2.45, 2.75) is 90.9 Å². The third-order valence-electron chi connectivity index (χ3n) is 14.6. The Balaban J connectivity index is 0.856. The molecule has 0 radical (unpaired) electrons. The van der Waals surface area contributed by atoms with Crippen molar-refractivity contribution < 1.29 is 36.7 Å². The predicted octanol–water partition coefficient (Wildman–Crippen LogP) is 10.7. The quantitative estimate of drug-likeness (QED) is 0.0252. The van der Waals surface area contributed by atoms with Crippen molar-refractivity contribution in [2.75, 3.05) is 43.9 Å². The Morgan fingerprint density at radius 3 is 2.22 bits per heavy atom. The SMILES string of the molecule is CCN1/C(=C/C=C/C=C/C2=[N+](CCCCS(=O)(=O)[O-])c3ccc4ccccc4c3C2(C)C)C(C)(C)c2cc(CC(=O)NCCCCNC(=O)Cc3c(C)n(C(=O)c4ccc(I)cc4)c4ccc(OC)cc34)ccc21. The summed E-state index contributed by atoms with van der Waals surface area (Å²) in [5, 5.41) is 9.26. The smallest absolute Gasteiger partial charge is 0.262 e. The average molecular weight is 1130 g/mol. The Morgan fingerprint density at radius 2 is 1.51 bits per heavy atom. The number of anilines is 1. The summed E-state index contributed by atoms with van der Waals surface area (Å²) in [6, 6.07) is 32.0. The van der Waals surface area contributed by atoms with Crippen molar-refractivity contribution in [3.63, 3.8) is 0 Å². The molecular formula is C60H66IN5O7S. The van der Waals surface area contributed by atoms with E-state index in [0.29, 0.717) is 62.3 Å². The number of nitrogens with one attached hydrogen (secondary N) is 2. The van der Waals surface area contributed by atoms with Crippen molar-refractivity contribution >= 4 is 89.2 Å². The van der Waals surface area contributed by atoms with E-state index in [1.54, 1.807) is 11.7 Å². The van der Waals surface area contributed by atoms with Crippen LogP contribution in [0, 0.1) is 10.5 Å². The maximum Gasteiger partial charge on any atom is 0.262 e. The van der Waals surface area contributed by atoms with Gasteiger partial charge in [0.05, 0.1) is 41.0 Å². The number of unbranched alkanes of at least 4 members (excludes halogenated alkanes) is 2. The fraction of sp³-hybridized carbons (Fsp3) is 0.333. The zero-order valence-electron chi connectivity index (χ0n) is 43.4. The van der Waals surface area contributed by atoms with Crippen LogP contribution in [0.2, 0.25) is 0 Å². The Morgan fingerprint density at radius 1 is 0.797 bits per heavy atom. The standard InChI is InChI=1S/C60H66IN5O7S/c1-8-64-51-29-22-41(37-55(67)62-32-14-15-33-63-56(68)39-47-40(2)66(50-31-28-45(73-7)38-48(47)50)58(69)43-23-26-44(61)27-24-43)36-49(51)59(3,4)53(64)20-10-9-11-21-54-60(5,6)57-46-19-13-12-18-42(46)25-30-52(57)65(54)34-16-17-35-74(70,71)72/h9-13,18-31,36,38H,8,14-17,32-35,37,39H2,1-7H3,(H2-,62,63,67,68,70,71,72). The van der Waals surface area contributed by atoms with Gasteiger partial charge in [-0.05, 0) is 158 Å². The molecule has 5 aromatic carbocycles. The number of fused-ring (bicyclic) bond motifs is 5. The van der Waals surface area contributed by atoms with Crippen LogP contribution < -0.4 is 20.3 Å². The number of nitrogens with zero attached hydrogens (tertiary/aromatic N) is 3. The molecule has 0 bridgehead atoms. The number of benzene rings is 5. The fourth-order valence-electron chi connectivity index (χ4n) is 10.8. The van der Waals surface area contributed by atoms with Crippen LogP contribution in [0.3, 0.4) is 0 Å². The highest BCUT2D eigenvalue weighted by atomic mass is 127. The molecule has 0 aliphatic carbocycles.